The highest BCUT2D eigenvalue weighted by Gasteiger charge is 2.47. The van der Waals surface area contributed by atoms with E-state index in [0.29, 0.717) is 84.6 Å². The maximum absolute atomic E-state index is 14.1. The van der Waals surface area contributed by atoms with E-state index in [2.05, 4.69) is 27.5 Å². The molecule has 7 rings (SSSR count). The topological polar surface area (TPSA) is 243 Å². The van der Waals surface area contributed by atoms with Crippen LogP contribution in [0.5, 0.6) is 17.2 Å². The van der Waals surface area contributed by atoms with E-state index >= 15 is 0 Å². The molecule has 2 fully saturated rings. The van der Waals surface area contributed by atoms with Gasteiger partial charge in [0.1, 0.15) is 30.9 Å². The Balaban J connectivity index is 0.789. The number of ketones is 1. The number of benzene rings is 4. The molecule has 20 nitrogen and oxygen atoms in total. The number of carbonyl (C=O) groups is 6. The van der Waals surface area contributed by atoms with E-state index in [-0.39, 0.29) is 83.1 Å². The predicted octanol–water partition coefficient (Wildman–Crippen LogP) is 6.70. The first-order valence-electron chi connectivity index (χ1n) is 27.7. The lowest BCUT2D eigenvalue weighted by molar-refractivity contribution is -0.164. The van der Waals surface area contributed by atoms with Crippen LogP contribution in [0.1, 0.15) is 91.9 Å². The van der Waals surface area contributed by atoms with Crippen molar-refractivity contribution >= 4 is 52.0 Å². The fourth-order valence-corrected chi connectivity index (χ4v) is 9.71. The fourth-order valence-electron chi connectivity index (χ4n) is 9.71. The molecule has 3 heterocycles. The van der Waals surface area contributed by atoms with Gasteiger partial charge < -0.3 is 59.1 Å². The number of amides is 4. The average molecular weight is 1130 g/mol. The molecule has 1 aromatic heterocycles. The quantitative estimate of drug-likeness (QED) is 0.0119. The molecule has 4 amide bonds. The maximum Gasteiger partial charge on any atom is 0.329 e. The number of carbonyl (C=O) groups excluding carboxylic acids is 6. The van der Waals surface area contributed by atoms with Gasteiger partial charge in [-0.25, -0.2) is 4.79 Å². The Bertz CT molecular complexity index is 2990. The third-order valence-corrected chi connectivity index (χ3v) is 14.8. The largest absolute Gasteiger partial charge is 0.493 e. The standard InChI is InChI=1S/C62H76N6O14/c1-7-54(70)68-38-47(56(68)59(73)66-48-18-12-14-43-16-13-28-64-55(43)48)42-22-24-44(25-23-42)58(72)65-30-32-78-34-35-80-40-79-33-29-63-53(69)39-81-46-17-11-15-45(37-46)50(26-20-41-21-27-51(76-5)52(36-41)77-6)82-61(75)49-19-9-10-31-67(49)60(74)57(71)62(3,4)8-2/h7,11-18,21-25,27-28,36-37,47,49-50,54,56,70H,1,8-10,19-20,26,29-35,38-40H2,2-6H3,(H,63,69)(H,65,72)(H,66,73). The molecule has 20 heteroatoms. The number of esters is 1. The smallest absolute Gasteiger partial charge is 0.329 e. The molecule has 4 N–H and O–H groups in total. The summed E-state index contributed by atoms with van der Waals surface area (Å²) >= 11 is 0. The molecule has 2 saturated heterocycles. The number of methoxy groups -OCH3 is 2. The lowest BCUT2D eigenvalue weighted by Crippen LogP contribution is -2.63. The normalized spacial score (nSPS) is 16.9. The van der Waals surface area contributed by atoms with E-state index in [9.17, 15) is 33.9 Å². The number of para-hydroxylation sites is 1. The molecule has 0 spiro atoms. The molecule has 438 valence electrons. The SMILES string of the molecule is C=CC(O)N1CC(c2ccc(C(=O)NCCOCCOCOCCNC(=O)COc3cccc(C(CCc4ccc(OC)c(OC)c4)OC(=O)C4CCCCN4C(=O)C(=O)C(C)(C)CC)c3)cc2)C1C(=O)Nc1cccc2cccnc12. The summed E-state index contributed by atoms with van der Waals surface area (Å²) in [6, 6.07) is 27.3. The van der Waals surface area contributed by atoms with Crippen molar-refractivity contribution in [2.45, 2.75) is 89.6 Å². The summed E-state index contributed by atoms with van der Waals surface area (Å²) < 4.78 is 39.6. The summed E-state index contributed by atoms with van der Waals surface area (Å²) in [5, 5.41) is 20.1. The van der Waals surface area contributed by atoms with Gasteiger partial charge >= 0.3 is 5.97 Å². The van der Waals surface area contributed by atoms with E-state index < -0.39 is 47.5 Å². The number of fused-ring (bicyclic) bond motifs is 1. The highest BCUT2D eigenvalue weighted by atomic mass is 16.7. The number of likely N-dealkylation sites (tertiary alicyclic amines) is 2. The highest BCUT2D eigenvalue weighted by Crippen LogP contribution is 2.38. The minimum absolute atomic E-state index is 0.0297. The van der Waals surface area contributed by atoms with Crippen LogP contribution in [-0.2, 0) is 49.3 Å². The van der Waals surface area contributed by atoms with Crippen LogP contribution in [0.15, 0.2) is 116 Å². The number of rotatable bonds is 31. The fraction of sp³-hybridized carbons (Fsp3) is 0.435. The first-order chi connectivity index (χ1) is 39.7. The van der Waals surface area contributed by atoms with E-state index in [1.54, 1.807) is 87.7 Å². The second-order valence-electron chi connectivity index (χ2n) is 20.6. The summed E-state index contributed by atoms with van der Waals surface area (Å²) in [5.41, 5.74) is 3.19. The van der Waals surface area contributed by atoms with Crippen LogP contribution in [0.25, 0.3) is 10.9 Å². The van der Waals surface area contributed by atoms with Crippen molar-refractivity contribution in [3.63, 3.8) is 0 Å². The zero-order valence-corrected chi connectivity index (χ0v) is 47.4. The number of piperidine rings is 1. The van der Waals surface area contributed by atoms with Crippen molar-refractivity contribution in [1.29, 1.82) is 0 Å². The number of aromatic nitrogens is 1. The molecule has 82 heavy (non-hydrogen) atoms. The van der Waals surface area contributed by atoms with Gasteiger partial charge in [0.25, 0.3) is 17.7 Å². The van der Waals surface area contributed by atoms with Gasteiger partial charge in [-0.1, -0.05) is 75.9 Å². The lowest BCUT2D eigenvalue weighted by Gasteiger charge is -2.48. The molecule has 5 unspecified atom stereocenters. The number of anilines is 1. The molecule has 0 bridgehead atoms. The number of hydrogen-bond donors (Lipinski definition) is 4. The molecule has 0 radical (unpaired) electrons. The number of Topliss-reactive ketones (excluding diaryl/α,β-unsaturated/α-hetero) is 1. The average Bonchev–Trinajstić information content (AvgIpc) is 3.69. The van der Waals surface area contributed by atoms with E-state index in [0.717, 1.165) is 16.5 Å². The van der Waals surface area contributed by atoms with Crippen molar-refractivity contribution in [2.75, 3.05) is 85.5 Å². The Labute approximate surface area is 478 Å². The second-order valence-corrected chi connectivity index (χ2v) is 20.6. The van der Waals surface area contributed by atoms with Crippen molar-refractivity contribution in [1.82, 2.24) is 25.4 Å². The highest BCUT2D eigenvalue weighted by molar-refractivity contribution is 6.38. The first kappa shape index (κ1) is 61.9. The molecular weight excluding hydrogens is 1050 g/mol. The van der Waals surface area contributed by atoms with Gasteiger partial charge in [-0.3, -0.25) is 33.9 Å². The summed E-state index contributed by atoms with van der Waals surface area (Å²) in [7, 11) is 3.11. The number of nitrogens with zero attached hydrogens (tertiary/aromatic N) is 3. The van der Waals surface area contributed by atoms with Gasteiger partial charge in [0.2, 0.25) is 11.7 Å². The zero-order chi connectivity index (χ0) is 58.6. The number of nitrogens with one attached hydrogen (secondary N) is 3. The van der Waals surface area contributed by atoms with Crippen LogP contribution in [0, 0.1) is 5.41 Å². The van der Waals surface area contributed by atoms with Crippen molar-refractivity contribution in [2.24, 2.45) is 5.41 Å². The third kappa shape index (κ3) is 16.5. The summed E-state index contributed by atoms with van der Waals surface area (Å²) in [4.78, 5) is 87.7. The maximum atomic E-state index is 14.1. The Morgan fingerprint density at radius 3 is 2.34 bits per heavy atom. The molecule has 4 aromatic carbocycles. The van der Waals surface area contributed by atoms with Crippen LogP contribution < -0.4 is 30.2 Å². The summed E-state index contributed by atoms with van der Waals surface area (Å²) in [6.07, 6.45) is 4.32. The number of aliphatic hydroxyl groups excluding tert-OH is 1. The third-order valence-electron chi connectivity index (χ3n) is 14.8. The minimum Gasteiger partial charge on any atom is -0.493 e. The molecule has 0 saturated carbocycles. The Kier molecular flexibility index (Phi) is 22.9. The number of hydrogen-bond acceptors (Lipinski definition) is 16. The predicted molar refractivity (Wildman–Crippen MR) is 306 cm³/mol. The van der Waals surface area contributed by atoms with Gasteiger partial charge in [-0.15, -0.1) is 0 Å². The van der Waals surface area contributed by atoms with Crippen LogP contribution in [0.3, 0.4) is 0 Å². The lowest BCUT2D eigenvalue weighted by atomic mass is 9.81. The molecule has 5 atom stereocenters. The van der Waals surface area contributed by atoms with Crippen LogP contribution in [0.2, 0.25) is 0 Å². The van der Waals surface area contributed by atoms with Crippen molar-refractivity contribution in [3.8, 4) is 17.2 Å². The Morgan fingerprint density at radius 1 is 0.841 bits per heavy atom. The van der Waals surface area contributed by atoms with Crippen LogP contribution in [0.4, 0.5) is 5.69 Å². The summed E-state index contributed by atoms with van der Waals surface area (Å²) in [6.45, 7) is 10.8. The molecular formula is C62H76N6O14. The summed E-state index contributed by atoms with van der Waals surface area (Å²) in [5.74, 6) is -1.49. The monoisotopic (exact) mass is 1130 g/mol. The van der Waals surface area contributed by atoms with Gasteiger partial charge in [-0.2, -0.15) is 0 Å². The Morgan fingerprint density at radius 2 is 1.57 bits per heavy atom. The number of aryl methyl sites for hydroxylation is 1. The second kappa shape index (κ2) is 30.3. The number of aliphatic hydroxyl groups is 1. The van der Waals surface area contributed by atoms with E-state index in [4.69, 9.17) is 33.2 Å². The Hall–Kier alpha value is -7.75. The number of pyridine rings is 1. The number of ether oxygens (including phenoxy) is 7. The van der Waals surface area contributed by atoms with Crippen LogP contribution >= 0.6 is 0 Å². The molecule has 2 aliphatic heterocycles. The van der Waals surface area contributed by atoms with Crippen molar-refractivity contribution in [3.05, 3.63) is 138 Å². The van der Waals surface area contributed by atoms with Gasteiger partial charge in [0.15, 0.2) is 18.1 Å². The van der Waals surface area contributed by atoms with Crippen molar-refractivity contribution < 1.29 is 67.0 Å². The molecule has 2 aliphatic rings. The van der Waals surface area contributed by atoms with Crippen LogP contribution in [-0.4, -0.2) is 154 Å². The minimum atomic E-state index is -1.01. The van der Waals surface area contributed by atoms with Gasteiger partial charge in [0.05, 0.1) is 57.9 Å². The van der Waals surface area contributed by atoms with Gasteiger partial charge in [0, 0.05) is 54.7 Å². The molecule has 0 aliphatic carbocycles. The molecule has 5 aromatic rings. The first-order valence-corrected chi connectivity index (χ1v) is 27.7. The van der Waals surface area contributed by atoms with E-state index in [1.807, 2.05) is 55.5 Å². The van der Waals surface area contributed by atoms with Gasteiger partial charge in [-0.05, 0) is 110 Å². The van der Waals surface area contributed by atoms with E-state index in [1.165, 1.54) is 11.0 Å². The zero-order valence-electron chi connectivity index (χ0n) is 47.4.